The Labute approximate surface area is 204 Å². The molecule has 5 nitrogen and oxygen atoms in total. The summed E-state index contributed by atoms with van der Waals surface area (Å²) in [6, 6.07) is 16.7. The molecular weight excluding hydrogens is 430 g/mol. The molecule has 2 N–H and O–H groups in total. The fourth-order valence-electron chi connectivity index (χ4n) is 4.98. The lowest BCUT2D eigenvalue weighted by Crippen LogP contribution is -2.62. The maximum atomic E-state index is 5.99. The molecule has 33 heavy (non-hydrogen) atoms. The van der Waals surface area contributed by atoms with Crippen molar-refractivity contribution in [3.8, 4) is 11.5 Å². The third-order valence-electron chi connectivity index (χ3n) is 5.97. The lowest BCUT2D eigenvalue weighted by molar-refractivity contribution is 0.153. The third-order valence-corrected chi connectivity index (χ3v) is 6.35. The minimum atomic E-state index is 0.0530. The average Bonchev–Trinajstić information content (AvgIpc) is 2.73. The van der Waals surface area contributed by atoms with E-state index in [9.17, 15) is 0 Å². The van der Waals surface area contributed by atoms with Gasteiger partial charge in [0.25, 0.3) is 0 Å². The molecule has 0 unspecified atom stereocenters. The van der Waals surface area contributed by atoms with Crippen LogP contribution in [-0.2, 0) is 13.1 Å². The van der Waals surface area contributed by atoms with E-state index in [1.807, 2.05) is 31.2 Å². The Hall–Kier alpha value is -2.31. The molecule has 2 aromatic rings. The van der Waals surface area contributed by atoms with Gasteiger partial charge in [0.05, 0.1) is 13.7 Å². The van der Waals surface area contributed by atoms with Crippen molar-refractivity contribution in [2.24, 2.45) is 0 Å². The van der Waals surface area contributed by atoms with Crippen molar-refractivity contribution in [3.05, 3.63) is 59.7 Å². The van der Waals surface area contributed by atoms with E-state index in [0.29, 0.717) is 25.7 Å². The zero-order valence-corrected chi connectivity index (χ0v) is 21.7. The van der Waals surface area contributed by atoms with Gasteiger partial charge in [-0.25, -0.2) is 0 Å². The summed E-state index contributed by atoms with van der Waals surface area (Å²) in [7, 11) is 1.69. The van der Waals surface area contributed by atoms with Crippen LogP contribution in [0.15, 0.2) is 48.5 Å². The molecule has 1 saturated heterocycles. The van der Waals surface area contributed by atoms with E-state index in [4.69, 9.17) is 21.7 Å². The second kappa shape index (κ2) is 10.7. The average molecular weight is 470 g/mol. The Morgan fingerprint density at radius 3 is 2.27 bits per heavy atom. The van der Waals surface area contributed by atoms with Crippen LogP contribution in [0.1, 0.15) is 58.6 Å². The van der Waals surface area contributed by atoms with Crippen molar-refractivity contribution >= 4 is 17.3 Å². The highest BCUT2D eigenvalue weighted by Crippen LogP contribution is 2.29. The van der Waals surface area contributed by atoms with E-state index in [2.05, 4.69) is 67.5 Å². The predicted octanol–water partition coefficient (Wildman–Crippen LogP) is 5.28. The Kier molecular flexibility index (Phi) is 8.24. The van der Waals surface area contributed by atoms with Gasteiger partial charge in [0.15, 0.2) is 5.11 Å². The van der Waals surface area contributed by atoms with E-state index in [1.165, 1.54) is 5.56 Å². The molecule has 0 bridgehead atoms. The number of thiocarbonyl (C=S) groups is 1. The first-order valence-corrected chi connectivity index (χ1v) is 12.2. The van der Waals surface area contributed by atoms with Crippen molar-refractivity contribution < 1.29 is 9.47 Å². The molecule has 0 atom stereocenters. The molecule has 0 radical (unpaired) electrons. The van der Waals surface area contributed by atoms with E-state index in [1.54, 1.807) is 7.11 Å². The summed E-state index contributed by atoms with van der Waals surface area (Å²) in [5, 5.41) is 8.22. The number of hydrogen-bond acceptors (Lipinski definition) is 4. The minimum Gasteiger partial charge on any atom is -0.497 e. The number of para-hydroxylation sites is 1. The van der Waals surface area contributed by atoms with E-state index in [0.717, 1.165) is 35.0 Å². The number of ether oxygens (including phenoxy) is 2. The number of hydrogen-bond donors (Lipinski definition) is 2. The van der Waals surface area contributed by atoms with Gasteiger partial charge >= 0.3 is 0 Å². The molecule has 2 aromatic carbocycles. The lowest BCUT2D eigenvalue weighted by Gasteiger charge is -2.47. The van der Waals surface area contributed by atoms with Gasteiger partial charge in [-0.2, -0.15) is 0 Å². The predicted molar refractivity (Wildman–Crippen MR) is 140 cm³/mol. The molecule has 0 aliphatic carbocycles. The molecule has 0 aromatic heterocycles. The van der Waals surface area contributed by atoms with Crippen molar-refractivity contribution in [3.63, 3.8) is 0 Å². The lowest BCUT2D eigenvalue weighted by atomic mass is 9.80. The van der Waals surface area contributed by atoms with Crippen LogP contribution >= 0.6 is 12.2 Å². The second-order valence-corrected chi connectivity index (χ2v) is 10.6. The van der Waals surface area contributed by atoms with Crippen molar-refractivity contribution in [1.29, 1.82) is 0 Å². The molecule has 6 heteroatoms. The maximum absolute atomic E-state index is 5.99. The Bertz CT molecular complexity index is 911. The van der Waals surface area contributed by atoms with Crippen LogP contribution in [0.3, 0.4) is 0 Å². The van der Waals surface area contributed by atoms with Crippen molar-refractivity contribution in [2.45, 2.75) is 77.7 Å². The number of benzene rings is 2. The summed E-state index contributed by atoms with van der Waals surface area (Å²) in [4.78, 5) is 2.23. The number of nitrogens with one attached hydrogen (secondary N) is 2. The van der Waals surface area contributed by atoms with Gasteiger partial charge in [-0.15, -0.1) is 0 Å². The summed E-state index contributed by atoms with van der Waals surface area (Å²) < 4.78 is 11.2. The highest BCUT2D eigenvalue weighted by molar-refractivity contribution is 7.80. The van der Waals surface area contributed by atoms with Gasteiger partial charge < -0.3 is 25.0 Å². The monoisotopic (exact) mass is 469 g/mol. The quantitative estimate of drug-likeness (QED) is 0.513. The first kappa shape index (κ1) is 25.3. The van der Waals surface area contributed by atoms with Gasteiger partial charge in [-0.1, -0.05) is 30.3 Å². The first-order valence-electron chi connectivity index (χ1n) is 11.8. The standard InChI is InChI=1S/C27H39N3O2S/c1-7-32-24-11-9-8-10-21(24)19-30(18-20-12-14-23(31-6)15-13-20)25(33)28-22-16-26(2,3)29-27(4,5)17-22/h8-15,22,29H,7,16-19H2,1-6H3,(H,28,33). The first-order chi connectivity index (χ1) is 15.6. The highest BCUT2D eigenvalue weighted by atomic mass is 32.1. The van der Waals surface area contributed by atoms with Gasteiger partial charge in [0.2, 0.25) is 0 Å². The molecule has 3 rings (SSSR count). The Balaban J connectivity index is 1.81. The Morgan fingerprint density at radius 1 is 1.03 bits per heavy atom. The molecular formula is C27H39N3O2S. The second-order valence-electron chi connectivity index (χ2n) is 10.2. The number of piperidine rings is 1. The zero-order chi connectivity index (χ0) is 24.1. The van der Waals surface area contributed by atoms with Gasteiger partial charge in [-0.3, -0.25) is 0 Å². The van der Waals surface area contributed by atoms with E-state index in [-0.39, 0.29) is 11.1 Å². The maximum Gasteiger partial charge on any atom is 0.169 e. The van der Waals surface area contributed by atoms with Crippen LogP contribution in [0, 0.1) is 0 Å². The molecule has 1 heterocycles. The molecule has 0 amide bonds. The fraction of sp³-hybridized carbons (Fsp3) is 0.519. The number of methoxy groups -OCH3 is 1. The molecule has 1 aliphatic rings. The van der Waals surface area contributed by atoms with Gasteiger partial charge in [0.1, 0.15) is 11.5 Å². The topological polar surface area (TPSA) is 45.8 Å². The summed E-state index contributed by atoms with van der Waals surface area (Å²) in [5.41, 5.74) is 2.41. The summed E-state index contributed by atoms with van der Waals surface area (Å²) in [6.45, 7) is 13.1. The smallest absolute Gasteiger partial charge is 0.169 e. The number of nitrogens with zero attached hydrogens (tertiary/aromatic N) is 1. The normalized spacial score (nSPS) is 17.3. The highest BCUT2D eigenvalue weighted by Gasteiger charge is 2.38. The summed E-state index contributed by atoms with van der Waals surface area (Å²) in [5.74, 6) is 1.76. The van der Waals surface area contributed by atoms with Crippen LogP contribution < -0.4 is 20.1 Å². The molecule has 0 spiro atoms. The molecule has 1 aliphatic heterocycles. The van der Waals surface area contributed by atoms with Gasteiger partial charge in [-0.05, 0) is 83.4 Å². The fourth-order valence-corrected chi connectivity index (χ4v) is 5.27. The summed E-state index contributed by atoms with van der Waals surface area (Å²) >= 11 is 5.99. The molecule has 1 fully saturated rings. The van der Waals surface area contributed by atoms with E-state index >= 15 is 0 Å². The van der Waals surface area contributed by atoms with Gasteiger partial charge in [0, 0.05) is 35.8 Å². The largest absolute Gasteiger partial charge is 0.497 e. The third kappa shape index (κ3) is 7.34. The van der Waals surface area contributed by atoms with Crippen LogP contribution in [0.5, 0.6) is 11.5 Å². The van der Waals surface area contributed by atoms with Crippen molar-refractivity contribution in [1.82, 2.24) is 15.5 Å². The number of rotatable bonds is 8. The van der Waals surface area contributed by atoms with Crippen LogP contribution in [-0.4, -0.2) is 40.8 Å². The zero-order valence-electron chi connectivity index (χ0n) is 20.9. The Morgan fingerprint density at radius 2 is 1.67 bits per heavy atom. The SMILES string of the molecule is CCOc1ccccc1CN(Cc1ccc(OC)cc1)C(=S)NC1CC(C)(C)NC(C)(C)C1. The van der Waals surface area contributed by atoms with E-state index < -0.39 is 0 Å². The van der Waals surface area contributed by atoms with Crippen LogP contribution in [0.2, 0.25) is 0 Å². The molecule has 180 valence electrons. The molecule has 0 saturated carbocycles. The summed E-state index contributed by atoms with van der Waals surface area (Å²) in [6.07, 6.45) is 2.03. The van der Waals surface area contributed by atoms with Crippen molar-refractivity contribution in [2.75, 3.05) is 13.7 Å². The van der Waals surface area contributed by atoms with Crippen LogP contribution in [0.25, 0.3) is 0 Å². The minimum absolute atomic E-state index is 0.0530. The van der Waals surface area contributed by atoms with Crippen LogP contribution in [0.4, 0.5) is 0 Å².